The van der Waals surface area contributed by atoms with Crippen LogP contribution in [0.25, 0.3) is 6.08 Å². The Balaban J connectivity index is 1.27. The fourth-order valence-electron chi connectivity index (χ4n) is 8.53. The molecule has 8 heteroatoms. The van der Waals surface area contributed by atoms with Gasteiger partial charge in [0.1, 0.15) is 5.60 Å². The first-order chi connectivity index (χ1) is 17.1. The summed E-state index contributed by atoms with van der Waals surface area (Å²) in [5.74, 6) is 0.605. The molecule has 2 aromatic heterocycles. The normalized spacial score (nSPS) is 39.0. The summed E-state index contributed by atoms with van der Waals surface area (Å²) in [5, 5.41) is 28.7. The zero-order chi connectivity index (χ0) is 25.5. The largest absolute Gasteiger partial charge is 0.393 e. The summed E-state index contributed by atoms with van der Waals surface area (Å²) in [7, 11) is 1.99. The van der Waals surface area contributed by atoms with Crippen molar-refractivity contribution in [3.63, 3.8) is 0 Å². The van der Waals surface area contributed by atoms with E-state index in [-0.39, 0.29) is 34.7 Å². The minimum Gasteiger partial charge on any atom is -0.393 e. The molecule has 7 nitrogen and oxygen atoms in total. The second kappa shape index (κ2) is 8.23. The van der Waals surface area contributed by atoms with Crippen LogP contribution in [0.5, 0.6) is 0 Å². The molecular weight excluding hydrogens is 472 g/mol. The Bertz CT molecular complexity index is 1260. The molecule has 6 rings (SSSR count). The smallest absolute Gasteiger partial charge is 0.188 e. The maximum absolute atomic E-state index is 13.6. The van der Waals surface area contributed by atoms with E-state index in [1.54, 1.807) is 6.20 Å². The van der Waals surface area contributed by atoms with E-state index in [0.29, 0.717) is 18.0 Å². The lowest BCUT2D eigenvalue weighted by Gasteiger charge is -2.60. The number of thioether (sulfide) groups is 1. The van der Waals surface area contributed by atoms with Crippen molar-refractivity contribution in [1.82, 2.24) is 19.7 Å². The molecule has 0 saturated heterocycles. The van der Waals surface area contributed by atoms with E-state index >= 15 is 0 Å². The number of carbonyl (C=O) groups excluding carboxylic acids is 1. The van der Waals surface area contributed by atoms with Crippen molar-refractivity contribution in [3.05, 3.63) is 41.0 Å². The van der Waals surface area contributed by atoms with Crippen LogP contribution >= 0.6 is 11.8 Å². The van der Waals surface area contributed by atoms with E-state index in [2.05, 4.69) is 35.0 Å². The molecule has 3 saturated carbocycles. The Morgan fingerprint density at radius 1 is 1.31 bits per heavy atom. The monoisotopic (exact) mass is 508 g/mol. The van der Waals surface area contributed by atoms with Crippen molar-refractivity contribution >= 4 is 23.6 Å². The van der Waals surface area contributed by atoms with E-state index in [9.17, 15) is 15.0 Å². The Labute approximate surface area is 216 Å². The summed E-state index contributed by atoms with van der Waals surface area (Å²) < 4.78 is 1.95. The fraction of sp³-hybridized carbons (Fsp3) is 0.643. The molecule has 2 heterocycles. The number of aliphatic hydroxyl groups excluding tert-OH is 1. The topological polar surface area (TPSA) is 101 Å². The molecular formula is C28H36N4O3S. The second-order valence-electron chi connectivity index (χ2n) is 12.1. The van der Waals surface area contributed by atoms with Gasteiger partial charge in [-0.15, -0.1) is 0 Å². The molecule has 36 heavy (non-hydrogen) atoms. The number of nitrogens with zero attached hydrogens (tertiary/aromatic N) is 4. The molecule has 3 fully saturated rings. The van der Waals surface area contributed by atoms with Gasteiger partial charge < -0.3 is 10.2 Å². The molecule has 0 spiro atoms. The Kier molecular flexibility index (Phi) is 5.56. The van der Waals surface area contributed by atoms with Gasteiger partial charge >= 0.3 is 0 Å². The van der Waals surface area contributed by atoms with Crippen LogP contribution in [-0.4, -0.2) is 53.2 Å². The molecule has 2 N–H and O–H groups in total. The fourth-order valence-corrected chi connectivity index (χ4v) is 9.37. The quantitative estimate of drug-likeness (QED) is 0.479. The highest BCUT2D eigenvalue weighted by Gasteiger charge is 2.68. The summed E-state index contributed by atoms with van der Waals surface area (Å²) >= 11 is 1.29. The molecule has 2 aromatic rings. The molecule has 0 aliphatic heterocycles. The second-order valence-corrected chi connectivity index (χ2v) is 13.0. The lowest BCUT2D eigenvalue weighted by molar-refractivity contribution is -0.177. The number of rotatable bonds is 4. The zero-order valence-electron chi connectivity index (χ0n) is 21.6. The first-order valence-corrected chi connectivity index (χ1v) is 14.1. The third kappa shape index (κ3) is 3.33. The summed E-state index contributed by atoms with van der Waals surface area (Å²) in [4.78, 5) is 22.2. The highest BCUT2D eigenvalue weighted by atomic mass is 32.2. The van der Waals surface area contributed by atoms with Gasteiger partial charge in [-0.3, -0.25) is 9.48 Å². The number of hydrogen-bond acceptors (Lipinski definition) is 7. The highest BCUT2D eigenvalue weighted by Crippen LogP contribution is 2.67. The van der Waals surface area contributed by atoms with Crippen molar-refractivity contribution in [1.29, 1.82) is 0 Å². The van der Waals surface area contributed by atoms with Gasteiger partial charge in [0.2, 0.25) is 0 Å². The number of aliphatic hydroxyl groups is 2. The van der Waals surface area contributed by atoms with E-state index in [4.69, 9.17) is 0 Å². The van der Waals surface area contributed by atoms with Crippen LogP contribution in [0.1, 0.15) is 62.9 Å². The molecule has 0 bridgehead atoms. The number of carbonyl (C=O) groups is 1. The van der Waals surface area contributed by atoms with Gasteiger partial charge in [-0.2, -0.15) is 5.10 Å². The third-order valence-electron chi connectivity index (χ3n) is 10.3. The Hall–Kier alpha value is -2.03. The predicted octanol–water partition coefficient (Wildman–Crippen LogP) is 3.76. The van der Waals surface area contributed by atoms with Gasteiger partial charge in [-0.25, -0.2) is 9.97 Å². The summed E-state index contributed by atoms with van der Waals surface area (Å²) in [6, 6.07) is 1.83. The van der Waals surface area contributed by atoms with Crippen LogP contribution in [0, 0.1) is 35.5 Å². The van der Waals surface area contributed by atoms with E-state index in [1.807, 2.05) is 30.9 Å². The first-order valence-electron chi connectivity index (χ1n) is 13.1. The molecule has 4 aliphatic rings. The number of allylic oxidation sites excluding steroid dienone is 1. The van der Waals surface area contributed by atoms with E-state index in [0.717, 1.165) is 31.4 Å². The lowest BCUT2D eigenvalue weighted by atomic mass is 9.45. The number of ketones is 1. The van der Waals surface area contributed by atoms with Crippen LogP contribution in [0.3, 0.4) is 0 Å². The number of aromatic nitrogens is 4. The molecule has 7 atom stereocenters. The van der Waals surface area contributed by atoms with Crippen molar-refractivity contribution in [2.45, 2.75) is 76.2 Å². The summed E-state index contributed by atoms with van der Waals surface area (Å²) in [6.07, 6.45) is 10.0. The summed E-state index contributed by atoms with van der Waals surface area (Å²) in [5.41, 5.74) is 2.52. The van der Waals surface area contributed by atoms with Gasteiger partial charge in [-0.05, 0) is 86.3 Å². The number of hydrogen-bond donors (Lipinski definition) is 2. The minimum atomic E-state index is -1.43. The predicted molar refractivity (Wildman–Crippen MR) is 138 cm³/mol. The van der Waals surface area contributed by atoms with Gasteiger partial charge in [0, 0.05) is 24.4 Å². The van der Waals surface area contributed by atoms with Crippen LogP contribution in [0.15, 0.2) is 29.2 Å². The van der Waals surface area contributed by atoms with Crippen molar-refractivity contribution < 1.29 is 15.0 Å². The molecule has 0 aromatic carbocycles. The summed E-state index contributed by atoms with van der Waals surface area (Å²) in [6.45, 7) is 6.28. The zero-order valence-corrected chi connectivity index (χ0v) is 22.4. The van der Waals surface area contributed by atoms with Gasteiger partial charge in [0.15, 0.2) is 10.9 Å². The molecule has 4 aliphatic carbocycles. The molecule has 0 radical (unpaired) electrons. The van der Waals surface area contributed by atoms with Gasteiger partial charge in [-0.1, -0.05) is 31.2 Å². The lowest BCUT2D eigenvalue weighted by Crippen LogP contribution is -2.62. The van der Waals surface area contributed by atoms with Gasteiger partial charge in [0.05, 0.1) is 23.7 Å². The van der Waals surface area contributed by atoms with Crippen LogP contribution in [0.4, 0.5) is 0 Å². The first kappa shape index (κ1) is 24.3. The Morgan fingerprint density at radius 2 is 2.11 bits per heavy atom. The van der Waals surface area contributed by atoms with Crippen LogP contribution in [-0.2, 0) is 18.3 Å². The molecule has 6 unspecified atom stereocenters. The van der Waals surface area contributed by atoms with Crippen LogP contribution in [0.2, 0.25) is 0 Å². The molecule has 192 valence electrons. The maximum Gasteiger partial charge on any atom is 0.188 e. The van der Waals surface area contributed by atoms with Crippen LogP contribution < -0.4 is 0 Å². The van der Waals surface area contributed by atoms with Gasteiger partial charge in [0.25, 0.3) is 0 Å². The molecule has 0 amide bonds. The minimum absolute atomic E-state index is 0.122. The maximum atomic E-state index is 13.6. The van der Waals surface area contributed by atoms with E-state index in [1.165, 1.54) is 28.6 Å². The Morgan fingerprint density at radius 3 is 2.89 bits per heavy atom. The number of fused-ring (bicyclic) bond motifs is 6. The van der Waals surface area contributed by atoms with Crippen molar-refractivity contribution in [3.8, 4) is 0 Å². The SMILES string of the molecule is Cc1ccnc(SCC(=O)[C@@]2(O)CCC3C4CCC5=Cc6c(cnn6C)CC5(C)C4C(O)CC32C)n1. The van der Waals surface area contributed by atoms with Crippen molar-refractivity contribution in [2.24, 2.45) is 35.6 Å². The van der Waals surface area contributed by atoms with Crippen molar-refractivity contribution in [2.75, 3.05) is 5.75 Å². The third-order valence-corrected chi connectivity index (χ3v) is 11.2. The highest BCUT2D eigenvalue weighted by molar-refractivity contribution is 7.99. The standard InChI is InChI=1S/C28H36N4O3S/c1-16-8-10-29-25(31-16)36-15-23(34)28(35)9-7-20-19-6-5-18-11-21-17(14-30-32(21)4)12-26(18,2)24(19)22(33)13-27(20,28)3/h8,10-11,14,19-20,22,24,33,35H,5-7,9,12-13,15H2,1-4H3/t19?,20?,22?,24?,26?,27?,28-/m0/s1. The number of Topliss-reactive ketones (excluding diaryl/α,β-unsaturated/α-hetero) is 1. The average molecular weight is 509 g/mol. The average Bonchev–Trinajstić information content (AvgIpc) is 3.31. The number of aryl methyl sites for hydroxylation is 2. The van der Waals surface area contributed by atoms with E-state index < -0.39 is 17.1 Å².